The van der Waals surface area contributed by atoms with E-state index < -0.39 is 0 Å². The van der Waals surface area contributed by atoms with Crippen LogP contribution in [0.5, 0.6) is 17.2 Å². The molecule has 0 bridgehead atoms. The average molecular weight is 357 g/mol. The van der Waals surface area contributed by atoms with E-state index in [1.807, 2.05) is 18.2 Å². The van der Waals surface area contributed by atoms with Crippen molar-refractivity contribution < 1.29 is 19.0 Å². The molecule has 0 saturated carbocycles. The minimum atomic E-state index is -0.0279. The van der Waals surface area contributed by atoms with Gasteiger partial charge >= 0.3 is 0 Å². The van der Waals surface area contributed by atoms with E-state index in [1.165, 1.54) is 5.56 Å². The number of carbonyl (C=O) groups is 1. The summed E-state index contributed by atoms with van der Waals surface area (Å²) in [7, 11) is 4.65. The molecule has 0 aliphatic carbocycles. The van der Waals surface area contributed by atoms with Crippen molar-refractivity contribution in [3.63, 3.8) is 0 Å². The summed E-state index contributed by atoms with van der Waals surface area (Å²) in [5.41, 5.74) is 1.92. The zero-order valence-corrected chi connectivity index (χ0v) is 15.9. The largest absolute Gasteiger partial charge is 0.493 e. The van der Waals surface area contributed by atoms with Gasteiger partial charge < -0.3 is 19.5 Å². The molecule has 1 N–H and O–H groups in total. The molecular formula is C21H27NO4. The van der Waals surface area contributed by atoms with Gasteiger partial charge in [-0.15, -0.1) is 0 Å². The number of ether oxygens (including phenoxy) is 3. The minimum absolute atomic E-state index is 0.0279. The fourth-order valence-electron chi connectivity index (χ4n) is 2.84. The van der Waals surface area contributed by atoms with Crippen LogP contribution in [0.1, 0.15) is 25.3 Å². The zero-order chi connectivity index (χ0) is 18.9. The van der Waals surface area contributed by atoms with Gasteiger partial charge in [0.15, 0.2) is 11.5 Å². The molecule has 0 radical (unpaired) electrons. The number of benzene rings is 2. The van der Waals surface area contributed by atoms with Gasteiger partial charge in [0.25, 0.3) is 0 Å². The first-order valence-electron chi connectivity index (χ1n) is 8.71. The quantitative estimate of drug-likeness (QED) is 0.726. The lowest BCUT2D eigenvalue weighted by Crippen LogP contribution is -2.15. The number of anilines is 1. The summed E-state index contributed by atoms with van der Waals surface area (Å²) in [6.45, 7) is 2.09. The third kappa shape index (κ3) is 5.41. The van der Waals surface area contributed by atoms with Crippen LogP contribution in [0.3, 0.4) is 0 Å². The van der Waals surface area contributed by atoms with Crippen molar-refractivity contribution in [1.29, 1.82) is 0 Å². The third-order valence-electron chi connectivity index (χ3n) is 4.25. The second kappa shape index (κ2) is 9.70. The summed E-state index contributed by atoms with van der Waals surface area (Å²) in [6, 6.07) is 13.8. The van der Waals surface area contributed by atoms with E-state index in [0.717, 1.165) is 12.8 Å². The minimum Gasteiger partial charge on any atom is -0.493 e. The zero-order valence-electron chi connectivity index (χ0n) is 15.9. The summed E-state index contributed by atoms with van der Waals surface area (Å²) in [5.74, 6) is 1.79. The molecule has 0 spiro atoms. The molecular weight excluding hydrogens is 330 g/mol. The van der Waals surface area contributed by atoms with Crippen LogP contribution in [0.4, 0.5) is 5.69 Å². The first-order valence-corrected chi connectivity index (χ1v) is 8.71. The van der Waals surface area contributed by atoms with Crippen molar-refractivity contribution in [2.24, 2.45) is 5.92 Å². The highest BCUT2D eigenvalue weighted by molar-refractivity contribution is 5.91. The van der Waals surface area contributed by atoms with E-state index in [9.17, 15) is 4.79 Å². The number of hydrogen-bond acceptors (Lipinski definition) is 4. The lowest BCUT2D eigenvalue weighted by atomic mass is 9.98. The maximum atomic E-state index is 12.4. The van der Waals surface area contributed by atoms with Crippen molar-refractivity contribution in [2.45, 2.75) is 26.2 Å². The number of aryl methyl sites for hydroxylation is 1. The van der Waals surface area contributed by atoms with Crippen LogP contribution >= 0.6 is 0 Å². The number of carbonyl (C=O) groups excluding carboxylic acids is 1. The Bertz CT molecular complexity index is 690. The van der Waals surface area contributed by atoms with Crippen LogP contribution in [-0.4, -0.2) is 27.2 Å². The Kier molecular flexibility index (Phi) is 7.33. The first-order chi connectivity index (χ1) is 12.6. The van der Waals surface area contributed by atoms with Crippen molar-refractivity contribution in [3.8, 4) is 17.2 Å². The SMILES string of the molecule is COc1cc(NC(=O)C[C@H](C)CCc2ccccc2)cc(OC)c1OC. The van der Waals surface area contributed by atoms with Gasteiger partial charge in [-0.1, -0.05) is 37.3 Å². The normalized spacial score (nSPS) is 11.5. The first kappa shape index (κ1) is 19.6. The molecule has 0 aliphatic heterocycles. The van der Waals surface area contributed by atoms with Crippen LogP contribution in [0, 0.1) is 5.92 Å². The molecule has 1 atom stereocenters. The molecule has 0 unspecified atom stereocenters. The molecule has 0 saturated heterocycles. The van der Waals surface area contributed by atoms with Gasteiger partial charge in [0, 0.05) is 24.2 Å². The summed E-state index contributed by atoms with van der Waals surface area (Å²) < 4.78 is 15.9. The molecule has 5 nitrogen and oxygen atoms in total. The Balaban J connectivity index is 1.94. The van der Waals surface area contributed by atoms with Gasteiger partial charge in [0.1, 0.15) is 0 Å². The summed E-state index contributed by atoms with van der Waals surface area (Å²) in [6.07, 6.45) is 2.40. The van der Waals surface area contributed by atoms with Gasteiger partial charge in [0.2, 0.25) is 11.7 Å². The molecule has 0 aliphatic rings. The molecule has 2 aromatic rings. The Morgan fingerprint density at radius 2 is 1.62 bits per heavy atom. The van der Waals surface area contributed by atoms with Crippen LogP contribution < -0.4 is 19.5 Å². The fraction of sp³-hybridized carbons (Fsp3) is 0.381. The van der Waals surface area contributed by atoms with E-state index >= 15 is 0 Å². The molecule has 5 heteroatoms. The predicted molar refractivity (Wildman–Crippen MR) is 103 cm³/mol. The van der Waals surface area contributed by atoms with Crippen LogP contribution in [0.15, 0.2) is 42.5 Å². The highest BCUT2D eigenvalue weighted by Gasteiger charge is 2.15. The lowest BCUT2D eigenvalue weighted by molar-refractivity contribution is -0.117. The fourth-order valence-corrected chi connectivity index (χ4v) is 2.84. The maximum Gasteiger partial charge on any atom is 0.224 e. The molecule has 2 aromatic carbocycles. The van der Waals surface area contributed by atoms with Crippen LogP contribution in [-0.2, 0) is 11.2 Å². The molecule has 1 amide bonds. The lowest BCUT2D eigenvalue weighted by Gasteiger charge is -2.15. The van der Waals surface area contributed by atoms with Crippen molar-refractivity contribution in [3.05, 3.63) is 48.0 Å². The number of rotatable bonds is 9. The van der Waals surface area contributed by atoms with E-state index in [1.54, 1.807) is 33.5 Å². The Morgan fingerprint density at radius 3 is 2.15 bits per heavy atom. The smallest absolute Gasteiger partial charge is 0.224 e. The number of hydrogen-bond donors (Lipinski definition) is 1. The molecule has 0 heterocycles. The Labute approximate surface area is 155 Å². The van der Waals surface area contributed by atoms with Crippen molar-refractivity contribution in [2.75, 3.05) is 26.6 Å². The van der Waals surface area contributed by atoms with E-state index in [-0.39, 0.29) is 11.8 Å². The molecule has 0 aromatic heterocycles. The standard InChI is InChI=1S/C21H27NO4/c1-15(10-11-16-8-6-5-7-9-16)12-20(23)22-17-13-18(24-2)21(26-4)19(14-17)25-3/h5-9,13-15H,10-12H2,1-4H3,(H,22,23)/t15-/m1/s1. The van der Waals surface area contributed by atoms with Gasteiger partial charge in [-0.3, -0.25) is 4.79 Å². The second-order valence-corrected chi connectivity index (χ2v) is 6.30. The van der Waals surface area contributed by atoms with E-state index in [0.29, 0.717) is 29.4 Å². The number of nitrogens with one attached hydrogen (secondary N) is 1. The van der Waals surface area contributed by atoms with Crippen LogP contribution in [0.25, 0.3) is 0 Å². The molecule has 26 heavy (non-hydrogen) atoms. The summed E-state index contributed by atoms with van der Waals surface area (Å²) in [4.78, 5) is 12.4. The van der Waals surface area contributed by atoms with Gasteiger partial charge in [-0.2, -0.15) is 0 Å². The topological polar surface area (TPSA) is 56.8 Å². The number of amides is 1. The van der Waals surface area contributed by atoms with Gasteiger partial charge in [0.05, 0.1) is 21.3 Å². The number of methoxy groups -OCH3 is 3. The Morgan fingerprint density at radius 1 is 1.00 bits per heavy atom. The monoisotopic (exact) mass is 357 g/mol. The highest BCUT2D eigenvalue weighted by Crippen LogP contribution is 2.40. The van der Waals surface area contributed by atoms with Gasteiger partial charge in [-0.25, -0.2) is 0 Å². The Hall–Kier alpha value is -2.69. The second-order valence-electron chi connectivity index (χ2n) is 6.30. The summed E-state index contributed by atoms with van der Waals surface area (Å²) >= 11 is 0. The maximum absolute atomic E-state index is 12.4. The average Bonchev–Trinajstić information content (AvgIpc) is 2.66. The molecule has 140 valence electrons. The third-order valence-corrected chi connectivity index (χ3v) is 4.25. The van der Waals surface area contributed by atoms with Crippen molar-refractivity contribution in [1.82, 2.24) is 0 Å². The van der Waals surface area contributed by atoms with Gasteiger partial charge in [-0.05, 0) is 24.3 Å². The molecule has 0 fully saturated rings. The molecule has 2 rings (SSSR count). The van der Waals surface area contributed by atoms with Crippen molar-refractivity contribution >= 4 is 11.6 Å². The predicted octanol–water partition coefficient (Wildman–Crippen LogP) is 4.31. The highest BCUT2D eigenvalue weighted by atomic mass is 16.5. The van der Waals surface area contributed by atoms with E-state index in [2.05, 4.69) is 24.4 Å². The summed E-state index contributed by atoms with van der Waals surface area (Å²) in [5, 5.41) is 2.92. The van der Waals surface area contributed by atoms with E-state index in [4.69, 9.17) is 14.2 Å². The van der Waals surface area contributed by atoms with Crippen LogP contribution in [0.2, 0.25) is 0 Å².